The van der Waals surface area contributed by atoms with Gasteiger partial charge < -0.3 is 10.4 Å². The first-order valence-corrected chi connectivity index (χ1v) is 12.1. The van der Waals surface area contributed by atoms with Gasteiger partial charge in [-0.15, -0.1) is 11.3 Å². The lowest BCUT2D eigenvalue weighted by Gasteiger charge is -2.19. The van der Waals surface area contributed by atoms with Crippen molar-refractivity contribution < 1.29 is 18.3 Å². The highest BCUT2D eigenvalue weighted by molar-refractivity contribution is 7.92. The van der Waals surface area contributed by atoms with E-state index >= 15 is 0 Å². The van der Waals surface area contributed by atoms with Gasteiger partial charge in [0, 0.05) is 5.69 Å². The summed E-state index contributed by atoms with van der Waals surface area (Å²) in [6, 6.07) is 1.47. The Hall–Kier alpha value is -2.48. The predicted molar refractivity (Wildman–Crippen MR) is 112 cm³/mol. The van der Waals surface area contributed by atoms with Crippen molar-refractivity contribution in [2.24, 2.45) is 0 Å². The second kappa shape index (κ2) is 7.34. The maximum Gasteiger partial charge on any atom is 0.333 e. The lowest BCUT2D eigenvalue weighted by molar-refractivity contribution is 0.0716. The number of rotatable bonds is 4. The van der Waals surface area contributed by atoms with E-state index in [2.05, 4.69) is 16.4 Å². The number of thiazole rings is 1. The third-order valence-electron chi connectivity index (χ3n) is 5.58. The fourth-order valence-electron chi connectivity index (χ4n) is 4.38. The largest absolute Gasteiger partial charge is 0.384 e. The van der Waals surface area contributed by atoms with E-state index < -0.39 is 21.7 Å². The molecule has 0 atom stereocenters. The molecule has 1 heterocycles. The minimum atomic E-state index is -4.21. The number of nitriles is 1. The summed E-state index contributed by atoms with van der Waals surface area (Å²) in [7, 11) is -4.21. The number of aromatic nitrogens is 1. The Morgan fingerprint density at radius 2 is 1.73 bits per heavy atom. The monoisotopic (exact) mass is 446 g/mol. The van der Waals surface area contributed by atoms with Gasteiger partial charge in [-0.1, -0.05) is 0 Å². The SMILES string of the molecule is CC(C)(O)c1ncsc1S(=O)(=O)NC(=O)Nc1c2c(c(C#N)c3c1CCC3)CCC2. The predicted octanol–water partition coefficient (Wildman–Crippen LogP) is 2.73. The van der Waals surface area contributed by atoms with Gasteiger partial charge in [-0.3, -0.25) is 0 Å². The van der Waals surface area contributed by atoms with Gasteiger partial charge in [-0.2, -0.15) is 5.26 Å². The van der Waals surface area contributed by atoms with Crippen LogP contribution in [0.2, 0.25) is 0 Å². The Labute approximate surface area is 179 Å². The summed E-state index contributed by atoms with van der Waals surface area (Å²) >= 11 is 0.839. The molecule has 0 aliphatic heterocycles. The number of amides is 2. The number of sulfonamides is 1. The average Bonchev–Trinajstić information content (AvgIpc) is 3.40. The van der Waals surface area contributed by atoms with Gasteiger partial charge in [0.25, 0.3) is 10.0 Å². The molecular formula is C20H22N4O4S2. The van der Waals surface area contributed by atoms with Crippen molar-refractivity contribution in [3.63, 3.8) is 0 Å². The van der Waals surface area contributed by atoms with Crippen LogP contribution in [0.15, 0.2) is 9.72 Å². The molecule has 30 heavy (non-hydrogen) atoms. The molecule has 158 valence electrons. The van der Waals surface area contributed by atoms with Crippen molar-refractivity contribution in [1.29, 1.82) is 5.26 Å². The van der Waals surface area contributed by atoms with Crippen molar-refractivity contribution in [3.8, 4) is 6.07 Å². The molecule has 1 aromatic heterocycles. The first kappa shape index (κ1) is 20.8. The molecule has 2 amide bonds. The van der Waals surface area contributed by atoms with Crippen LogP contribution in [0.3, 0.4) is 0 Å². The second-order valence-corrected chi connectivity index (χ2v) is 10.8. The van der Waals surface area contributed by atoms with Crippen molar-refractivity contribution in [2.75, 3.05) is 5.32 Å². The van der Waals surface area contributed by atoms with E-state index in [0.29, 0.717) is 5.69 Å². The van der Waals surface area contributed by atoms with Crippen LogP contribution in [0.4, 0.5) is 10.5 Å². The molecule has 10 heteroatoms. The molecule has 4 rings (SSSR count). The minimum Gasteiger partial charge on any atom is -0.384 e. The van der Waals surface area contributed by atoms with E-state index in [-0.39, 0.29) is 9.90 Å². The van der Waals surface area contributed by atoms with Crippen LogP contribution >= 0.6 is 11.3 Å². The molecule has 8 nitrogen and oxygen atoms in total. The van der Waals surface area contributed by atoms with Gasteiger partial charge in [0.2, 0.25) is 0 Å². The van der Waals surface area contributed by atoms with Crippen LogP contribution in [0.5, 0.6) is 0 Å². The van der Waals surface area contributed by atoms with Crippen molar-refractivity contribution in [3.05, 3.63) is 39.0 Å². The molecular weight excluding hydrogens is 424 g/mol. The molecule has 0 saturated carbocycles. The third-order valence-corrected chi connectivity index (χ3v) is 8.28. The maximum atomic E-state index is 12.8. The normalized spacial score (nSPS) is 15.4. The first-order valence-electron chi connectivity index (χ1n) is 9.73. The molecule has 1 aromatic carbocycles. The molecule has 0 fully saturated rings. The van der Waals surface area contributed by atoms with Gasteiger partial charge in [-0.05, 0) is 74.6 Å². The molecule has 0 bridgehead atoms. The van der Waals surface area contributed by atoms with E-state index in [4.69, 9.17) is 0 Å². The van der Waals surface area contributed by atoms with E-state index in [1.165, 1.54) is 19.4 Å². The van der Waals surface area contributed by atoms with Crippen molar-refractivity contribution in [1.82, 2.24) is 9.71 Å². The number of carbonyl (C=O) groups is 1. The Bertz CT molecular complexity index is 1150. The number of anilines is 1. The number of fused-ring (bicyclic) bond motifs is 2. The topological polar surface area (TPSA) is 132 Å². The number of urea groups is 1. The Kier molecular flexibility index (Phi) is 5.08. The number of nitrogens with zero attached hydrogens (tertiary/aromatic N) is 2. The van der Waals surface area contributed by atoms with Crippen LogP contribution in [0.25, 0.3) is 0 Å². The summed E-state index contributed by atoms with van der Waals surface area (Å²) in [4.78, 5) is 16.6. The Morgan fingerprint density at radius 3 is 2.27 bits per heavy atom. The summed E-state index contributed by atoms with van der Waals surface area (Å²) < 4.78 is 27.4. The van der Waals surface area contributed by atoms with E-state index in [9.17, 15) is 23.6 Å². The van der Waals surface area contributed by atoms with Crippen LogP contribution in [-0.2, 0) is 41.3 Å². The minimum absolute atomic E-state index is 0.00652. The number of carbonyl (C=O) groups excluding carboxylic acids is 1. The molecule has 2 aliphatic rings. The van der Waals surface area contributed by atoms with E-state index in [0.717, 1.165) is 77.7 Å². The highest BCUT2D eigenvalue weighted by atomic mass is 32.2. The zero-order chi connectivity index (χ0) is 21.7. The summed E-state index contributed by atoms with van der Waals surface area (Å²) in [6.07, 6.45) is 4.87. The van der Waals surface area contributed by atoms with Crippen LogP contribution in [0.1, 0.15) is 60.2 Å². The molecule has 0 saturated heterocycles. The van der Waals surface area contributed by atoms with E-state index in [1.807, 2.05) is 4.72 Å². The lowest BCUT2D eigenvalue weighted by atomic mass is 9.93. The van der Waals surface area contributed by atoms with E-state index in [1.54, 1.807) is 0 Å². The molecule has 0 unspecified atom stereocenters. The number of aliphatic hydroxyl groups is 1. The number of hydrogen-bond donors (Lipinski definition) is 3. The summed E-state index contributed by atoms with van der Waals surface area (Å²) in [5.41, 5.74) is 5.06. The maximum absolute atomic E-state index is 12.8. The lowest BCUT2D eigenvalue weighted by Crippen LogP contribution is -2.36. The quantitative estimate of drug-likeness (QED) is 0.661. The van der Waals surface area contributed by atoms with Gasteiger partial charge >= 0.3 is 6.03 Å². The highest BCUT2D eigenvalue weighted by Gasteiger charge is 2.33. The number of nitrogens with one attached hydrogen (secondary N) is 2. The highest BCUT2D eigenvalue weighted by Crippen LogP contribution is 2.41. The average molecular weight is 447 g/mol. The third kappa shape index (κ3) is 3.47. The summed E-state index contributed by atoms with van der Waals surface area (Å²) in [5.74, 6) is 0. The van der Waals surface area contributed by atoms with Crippen molar-refractivity contribution >= 4 is 33.1 Å². The summed E-state index contributed by atoms with van der Waals surface area (Å²) in [6.45, 7) is 2.87. The second-order valence-electron chi connectivity index (χ2n) is 8.09. The van der Waals surface area contributed by atoms with Gasteiger partial charge in [0.05, 0.1) is 17.1 Å². The van der Waals surface area contributed by atoms with Crippen LogP contribution in [-0.4, -0.2) is 24.5 Å². The first-order chi connectivity index (χ1) is 14.1. The molecule has 2 aromatic rings. The fourth-order valence-corrected chi connectivity index (χ4v) is 6.76. The molecule has 0 spiro atoms. The van der Waals surface area contributed by atoms with Gasteiger partial charge in [-0.25, -0.2) is 22.9 Å². The zero-order valence-corrected chi connectivity index (χ0v) is 18.3. The Balaban J connectivity index is 1.65. The van der Waals surface area contributed by atoms with Crippen molar-refractivity contribution in [2.45, 2.75) is 62.2 Å². The molecule has 2 aliphatic carbocycles. The smallest absolute Gasteiger partial charge is 0.333 e. The standard InChI is InChI=1S/C20H22N4O4S2/c1-20(2,26)17-18(29-10-22-17)30(27,28)24-19(25)23-16-13-7-3-5-11(13)15(9-21)12-6-4-8-14(12)16/h10,26H,3-8H2,1-2H3,(H2,23,24,25). The van der Waals surface area contributed by atoms with Gasteiger partial charge in [0.1, 0.15) is 11.3 Å². The van der Waals surface area contributed by atoms with Gasteiger partial charge in [0.15, 0.2) is 4.21 Å². The number of benzene rings is 1. The number of hydrogen-bond acceptors (Lipinski definition) is 7. The Morgan fingerprint density at radius 1 is 1.17 bits per heavy atom. The molecule has 3 N–H and O–H groups in total. The van der Waals surface area contributed by atoms with Crippen LogP contribution in [0, 0.1) is 11.3 Å². The zero-order valence-electron chi connectivity index (χ0n) is 16.7. The molecule has 0 radical (unpaired) electrons. The summed E-state index contributed by atoms with van der Waals surface area (Å²) in [5, 5.41) is 22.6. The fraction of sp³-hybridized carbons (Fsp3) is 0.450. The van der Waals surface area contributed by atoms with Crippen LogP contribution < -0.4 is 10.0 Å².